The van der Waals surface area contributed by atoms with Gasteiger partial charge >= 0.3 is 5.97 Å². The average Bonchev–Trinajstić information content (AvgIpc) is 3.04. The molecule has 26 heavy (non-hydrogen) atoms. The number of anilines is 1. The maximum absolute atomic E-state index is 11.9. The predicted molar refractivity (Wildman–Crippen MR) is 91.7 cm³/mol. The molecule has 128 valence electrons. The first-order valence-corrected chi connectivity index (χ1v) is 7.59. The molecule has 0 spiro atoms. The van der Waals surface area contributed by atoms with E-state index in [0.29, 0.717) is 22.6 Å². The van der Waals surface area contributed by atoms with Crippen LogP contribution in [0.15, 0.2) is 41.7 Å². The number of hydrogen-bond acceptors (Lipinski definition) is 7. The highest BCUT2D eigenvalue weighted by molar-refractivity contribution is 5.90. The lowest BCUT2D eigenvalue weighted by Crippen LogP contribution is -2.07. The number of nitriles is 3. The van der Waals surface area contributed by atoms with E-state index in [1.54, 1.807) is 61.0 Å². The Hall–Kier alpha value is -4.09. The molecule has 0 unspecified atom stereocenters. The Morgan fingerprint density at radius 2 is 1.85 bits per heavy atom. The summed E-state index contributed by atoms with van der Waals surface area (Å²) >= 11 is 0. The number of rotatable bonds is 5. The lowest BCUT2D eigenvalue weighted by atomic mass is 10.2. The molecule has 0 radical (unpaired) electrons. The van der Waals surface area contributed by atoms with E-state index < -0.39 is 5.97 Å². The van der Waals surface area contributed by atoms with Crippen LogP contribution in [0.3, 0.4) is 0 Å². The molecule has 0 saturated carbocycles. The van der Waals surface area contributed by atoms with Gasteiger partial charge in [0.1, 0.15) is 29.5 Å². The van der Waals surface area contributed by atoms with Crippen molar-refractivity contribution < 1.29 is 9.53 Å². The van der Waals surface area contributed by atoms with Gasteiger partial charge in [-0.05, 0) is 38.1 Å². The molecule has 0 aliphatic rings. The van der Waals surface area contributed by atoms with Crippen molar-refractivity contribution in [2.24, 2.45) is 0 Å². The highest BCUT2D eigenvalue weighted by atomic mass is 16.5. The Morgan fingerprint density at radius 3 is 2.38 bits per heavy atom. The molecule has 2 aromatic rings. The van der Waals surface area contributed by atoms with Crippen LogP contribution >= 0.6 is 0 Å². The van der Waals surface area contributed by atoms with Crippen molar-refractivity contribution >= 4 is 11.7 Å². The molecule has 0 saturated heterocycles. The van der Waals surface area contributed by atoms with Gasteiger partial charge < -0.3 is 10.1 Å². The van der Waals surface area contributed by atoms with E-state index in [4.69, 9.17) is 20.5 Å². The van der Waals surface area contributed by atoms with E-state index in [1.165, 1.54) is 6.20 Å². The zero-order valence-corrected chi connectivity index (χ0v) is 14.1. The Labute approximate surface area is 150 Å². The highest BCUT2D eigenvalue weighted by Gasteiger charge is 2.16. The molecule has 1 heterocycles. The Kier molecular flexibility index (Phi) is 5.71. The van der Waals surface area contributed by atoms with Crippen molar-refractivity contribution in [1.29, 1.82) is 15.8 Å². The van der Waals surface area contributed by atoms with Crippen molar-refractivity contribution in [2.45, 2.75) is 13.8 Å². The van der Waals surface area contributed by atoms with Gasteiger partial charge in [-0.25, -0.2) is 9.48 Å². The fraction of sp³-hybridized carbons (Fsp3) is 0.167. The number of aromatic nitrogens is 2. The van der Waals surface area contributed by atoms with E-state index in [0.717, 1.165) is 0 Å². The minimum atomic E-state index is -0.432. The average molecular weight is 346 g/mol. The monoisotopic (exact) mass is 346 g/mol. The molecular formula is C18H14N6O2. The summed E-state index contributed by atoms with van der Waals surface area (Å²) in [6.07, 6.45) is 1.45. The van der Waals surface area contributed by atoms with E-state index in [-0.39, 0.29) is 17.9 Å². The summed E-state index contributed by atoms with van der Waals surface area (Å²) in [5.41, 5.74) is 1.84. The largest absolute Gasteiger partial charge is 0.462 e. The molecule has 0 atom stereocenters. The van der Waals surface area contributed by atoms with Crippen molar-refractivity contribution in [3.8, 4) is 23.9 Å². The van der Waals surface area contributed by atoms with Crippen molar-refractivity contribution in [2.75, 3.05) is 11.9 Å². The van der Waals surface area contributed by atoms with Crippen LogP contribution in [-0.4, -0.2) is 22.4 Å². The van der Waals surface area contributed by atoms with Crippen LogP contribution in [-0.2, 0) is 4.74 Å². The number of ether oxygens (including phenoxy) is 1. The smallest absolute Gasteiger partial charge is 0.341 e. The second-order valence-electron chi connectivity index (χ2n) is 5.03. The number of nitrogens with zero attached hydrogens (tertiary/aromatic N) is 5. The number of allylic oxidation sites excluding steroid dienone is 2. The first-order valence-electron chi connectivity index (χ1n) is 7.59. The lowest BCUT2D eigenvalue weighted by molar-refractivity contribution is 0.0525. The van der Waals surface area contributed by atoms with Crippen molar-refractivity contribution in [3.05, 3.63) is 53.0 Å². The molecule has 8 heteroatoms. The molecule has 1 aromatic carbocycles. The summed E-state index contributed by atoms with van der Waals surface area (Å²) < 4.78 is 6.58. The molecule has 0 fully saturated rings. The van der Waals surface area contributed by atoms with Gasteiger partial charge in [0.2, 0.25) is 0 Å². The summed E-state index contributed by atoms with van der Waals surface area (Å²) in [5.74, 6) is -0.432. The van der Waals surface area contributed by atoms with Crippen LogP contribution < -0.4 is 5.32 Å². The first-order chi connectivity index (χ1) is 12.5. The highest BCUT2D eigenvalue weighted by Crippen LogP contribution is 2.19. The zero-order valence-electron chi connectivity index (χ0n) is 14.1. The Morgan fingerprint density at radius 1 is 1.19 bits per heavy atom. The summed E-state index contributed by atoms with van der Waals surface area (Å²) in [6.45, 7) is 3.78. The molecular weight excluding hydrogens is 332 g/mol. The van der Waals surface area contributed by atoms with Crippen LogP contribution in [0.2, 0.25) is 0 Å². The minimum absolute atomic E-state index is 0.123. The van der Waals surface area contributed by atoms with Crippen LogP contribution in [0, 0.1) is 40.9 Å². The minimum Gasteiger partial charge on any atom is -0.462 e. The van der Waals surface area contributed by atoms with Gasteiger partial charge in [0.25, 0.3) is 0 Å². The summed E-state index contributed by atoms with van der Waals surface area (Å²) in [7, 11) is 0. The van der Waals surface area contributed by atoms with Gasteiger partial charge in [-0.1, -0.05) is 0 Å². The fourth-order valence-electron chi connectivity index (χ4n) is 2.19. The molecule has 8 nitrogen and oxygen atoms in total. The van der Waals surface area contributed by atoms with E-state index in [1.807, 2.05) is 0 Å². The third-order valence-corrected chi connectivity index (χ3v) is 3.47. The van der Waals surface area contributed by atoms with Crippen LogP contribution in [0.4, 0.5) is 5.69 Å². The number of benzene rings is 1. The van der Waals surface area contributed by atoms with Gasteiger partial charge in [-0.2, -0.15) is 20.9 Å². The van der Waals surface area contributed by atoms with Gasteiger partial charge in [-0.3, -0.25) is 0 Å². The molecule has 0 aliphatic carbocycles. The van der Waals surface area contributed by atoms with E-state index in [9.17, 15) is 4.79 Å². The van der Waals surface area contributed by atoms with Crippen LogP contribution in [0.25, 0.3) is 5.69 Å². The second kappa shape index (κ2) is 8.14. The molecule has 2 rings (SSSR count). The summed E-state index contributed by atoms with van der Waals surface area (Å²) in [4.78, 5) is 11.9. The van der Waals surface area contributed by atoms with Gasteiger partial charge in [0.15, 0.2) is 5.57 Å². The standard InChI is InChI=1S/C18H14N6O2/c1-3-26-18(25)16-11-22-24(12(16)2)15-6-4-14(5-7-15)23-17(10-21)13(8-19)9-20/h4-7,11,23H,3H2,1-2H3. The van der Waals surface area contributed by atoms with Crippen LogP contribution in [0.5, 0.6) is 0 Å². The summed E-state index contributed by atoms with van der Waals surface area (Å²) in [6, 6.07) is 11.9. The third kappa shape index (κ3) is 3.69. The molecule has 1 aromatic heterocycles. The van der Waals surface area contributed by atoms with Crippen LogP contribution in [0.1, 0.15) is 23.0 Å². The number of nitrogens with one attached hydrogen (secondary N) is 1. The molecule has 0 amide bonds. The quantitative estimate of drug-likeness (QED) is 0.651. The lowest BCUT2D eigenvalue weighted by Gasteiger charge is -2.08. The second-order valence-corrected chi connectivity index (χ2v) is 5.03. The molecule has 0 bridgehead atoms. The SMILES string of the molecule is CCOC(=O)c1cnn(-c2ccc(NC(C#N)=C(C#N)C#N)cc2)c1C. The predicted octanol–water partition coefficient (Wildman–Crippen LogP) is 2.59. The first kappa shape index (κ1) is 18.3. The maximum Gasteiger partial charge on any atom is 0.341 e. The number of carbonyl (C=O) groups excluding carboxylic acids is 1. The normalized spacial score (nSPS) is 9.35. The zero-order chi connectivity index (χ0) is 19.1. The number of hydrogen-bond donors (Lipinski definition) is 1. The van der Waals surface area contributed by atoms with E-state index >= 15 is 0 Å². The number of carbonyl (C=O) groups is 1. The van der Waals surface area contributed by atoms with Crippen molar-refractivity contribution in [3.63, 3.8) is 0 Å². The van der Waals surface area contributed by atoms with Crippen molar-refractivity contribution in [1.82, 2.24) is 9.78 Å². The topological polar surface area (TPSA) is 128 Å². The van der Waals surface area contributed by atoms with Gasteiger partial charge in [-0.15, -0.1) is 0 Å². The third-order valence-electron chi connectivity index (χ3n) is 3.47. The summed E-state index contributed by atoms with van der Waals surface area (Å²) in [5, 5.41) is 33.7. The molecule has 0 aliphatic heterocycles. The Bertz CT molecular complexity index is 965. The Balaban J connectivity index is 2.28. The van der Waals surface area contributed by atoms with Gasteiger partial charge in [0.05, 0.1) is 24.2 Å². The molecule has 1 N–H and O–H groups in total. The van der Waals surface area contributed by atoms with E-state index in [2.05, 4.69) is 10.4 Å². The number of esters is 1. The van der Waals surface area contributed by atoms with Gasteiger partial charge in [0, 0.05) is 5.69 Å². The fourth-order valence-corrected chi connectivity index (χ4v) is 2.19. The maximum atomic E-state index is 11.9.